The maximum Gasteiger partial charge on any atom is 0.264 e. The molecule has 2 aromatic rings. The molecule has 1 fully saturated rings. The number of likely N-dealkylation sites (tertiary alicyclic amines) is 1. The predicted octanol–water partition coefficient (Wildman–Crippen LogP) is 2.06. The molecular weight excluding hydrogens is 266 g/mol. The Hall–Kier alpha value is -2.43. The molecule has 1 amide bonds. The molecule has 0 spiro atoms. The second-order valence-electron chi connectivity index (χ2n) is 5.19. The first-order chi connectivity index (χ1) is 10.3. The molecule has 1 aliphatic rings. The molecular formula is C16H17N3O2. The molecule has 2 heterocycles. The van der Waals surface area contributed by atoms with E-state index in [0.717, 1.165) is 37.9 Å². The van der Waals surface area contributed by atoms with E-state index in [1.807, 2.05) is 30.3 Å². The highest BCUT2D eigenvalue weighted by atomic mass is 16.2. The number of aromatic nitrogens is 2. The zero-order valence-electron chi connectivity index (χ0n) is 11.7. The predicted molar refractivity (Wildman–Crippen MR) is 80.0 cm³/mol. The first kappa shape index (κ1) is 13.5. The van der Waals surface area contributed by atoms with Gasteiger partial charge in [-0.25, -0.2) is 4.98 Å². The fourth-order valence-corrected chi connectivity index (χ4v) is 2.56. The normalized spacial score (nSPS) is 15.0. The number of carbonyl (C=O) groups is 1. The summed E-state index contributed by atoms with van der Waals surface area (Å²) >= 11 is 0. The van der Waals surface area contributed by atoms with Crippen LogP contribution in [0.5, 0.6) is 0 Å². The number of H-pyrrole nitrogens is 1. The van der Waals surface area contributed by atoms with Gasteiger partial charge in [-0.2, -0.15) is 0 Å². The molecule has 1 N–H and O–H groups in total. The Kier molecular flexibility index (Phi) is 3.81. The van der Waals surface area contributed by atoms with Gasteiger partial charge < -0.3 is 9.88 Å². The third-order valence-corrected chi connectivity index (χ3v) is 3.72. The Labute approximate surface area is 122 Å². The highest BCUT2D eigenvalue weighted by Crippen LogP contribution is 2.14. The summed E-state index contributed by atoms with van der Waals surface area (Å²) in [5.41, 5.74) is 0.572. The van der Waals surface area contributed by atoms with Crippen LogP contribution in [0.3, 0.4) is 0 Å². The Bertz CT molecular complexity index is 688. The van der Waals surface area contributed by atoms with E-state index in [1.165, 1.54) is 6.20 Å². The number of nitrogens with zero attached hydrogens (tertiary/aromatic N) is 2. The van der Waals surface area contributed by atoms with Gasteiger partial charge in [-0.1, -0.05) is 30.3 Å². The molecule has 5 nitrogen and oxygen atoms in total. The summed E-state index contributed by atoms with van der Waals surface area (Å²) in [7, 11) is 0. The molecule has 0 radical (unpaired) electrons. The molecule has 1 aromatic carbocycles. The fourth-order valence-electron chi connectivity index (χ4n) is 2.56. The number of amides is 1. The Morgan fingerprint density at radius 2 is 1.81 bits per heavy atom. The van der Waals surface area contributed by atoms with E-state index < -0.39 is 0 Å². The average Bonchev–Trinajstić information content (AvgIpc) is 2.56. The quantitative estimate of drug-likeness (QED) is 0.917. The molecule has 0 unspecified atom stereocenters. The third kappa shape index (κ3) is 2.86. The molecule has 0 aliphatic carbocycles. The van der Waals surface area contributed by atoms with Crippen LogP contribution in [0.4, 0.5) is 0 Å². The van der Waals surface area contributed by atoms with Crippen molar-refractivity contribution in [1.82, 2.24) is 14.9 Å². The van der Waals surface area contributed by atoms with E-state index in [9.17, 15) is 9.59 Å². The maximum absolute atomic E-state index is 12.3. The highest BCUT2D eigenvalue weighted by molar-refractivity contribution is 5.93. The smallest absolute Gasteiger partial charge is 0.264 e. The molecule has 3 rings (SSSR count). The van der Waals surface area contributed by atoms with Crippen LogP contribution in [0.1, 0.15) is 29.6 Å². The minimum absolute atomic E-state index is 0.122. The highest BCUT2D eigenvalue weighted by Gasteiger charge is 2.21. The second kappa shape index (κ2) is 5.91. The van der Waals surface area contributed by atoms with Crippen LogP contribution in [-0.2, 0) is 0 Å². The summed E-state index contributed by atoms with van der Waals surface area (Å²) in [6.45, 7) is 1.44. The van der Waals surface area contributed by atoms with Crippen LogP contribution in [0.15, 0.2) is 41.3 Å². The standard InChI is InChI=1S/C16H17N3O2/c20-15-13(16(21)19-9-5-2-6-10-19)11-17-14(18-15)12-7-3-1-4-8-12/h1,3-4,7-8,11H,2,5-6,9-10H2,(H,17,18,20). The Balaban J connectivity index is 1.88. The molecule has 1 aliphatic heterocycles. The van der Waals surface area contributed by atoms with Gasteiger partial charge in [0.15, 0.2) is 0 Å². The summed E-state index contributed by atoms with van der Waals surface area (Å²) in [6, 6.07) is 9.38. The number of carbonyl (C=O) groups excluding carboxylic acids is 1. The van der Waals surface area contributed by atoms with Crippen LogP contribution in [-0.4, -0.2) is 33.9 Å². The van der Waals surface area contributed by atoms with Crippen LogP contribution in [0.2, 0.25) is 0 Å². The van der Waals surface area contributed by atoms with Crippen molar-refractivity contribution >= 4 is 5.91 Å². The van der Waals surface area contributed by atoms with Crippen molar-refractivity contribution in [3.05, 3.63) is 52.4 Å². The Morgan fingerprint density at radius 3 is 2.48 bits per heavy atom. The number of aromatic amines is 1. The van der Waals surface area contributed by atoms with Gasteiger partial charge in [0, 0.05) is 24.8 Å². The SMILES string of the molecule is O=C(c1cnc(-c2ccccc2)[nH]c1=O)N1CCCCC1. The Morgan fingerprint density at radius 1 is 1.10 bits per heavy atom. The van der Waals surface area contributed by atoms with Crippen molar-refractivity contribution in [1.29, 1.82) is 0 Å². The van der Waals surface area contributed by atoms with Crippen LogP contribution >= 0.6 is 0 Å². The van der Waals surface area contributed by atoms with Crippen molar-refractivity contribution in [2.45, 2.75) is 19.3 Å². The van der Waals surface area contributed by atoms with Crippen molar-refractivity contribution in [3.63, 3.8) is 0 Å². The average molecular weight is 283 g/mol. The van der Waals surface area contributed by atoms with E-state index in [-0.39, 0.29) is 17.0 Å². The van der Waals surface area contributed by atoms with Crippen LogP contribution in [0.25, 0.3) is 11.4 Å². The van der Waals surface area contributed by atoms with Gasteiger partial charge in [-0.05, 0) is 19.3 Å². The number of benzene rings is 1. The van der Waals surface area contributed by atoms with Crippen molar-refractivity contribution < 1.29 is 4.79 Å². The molecule has 1 saturated heterocycles. The lowest BCUT2D eigenvalue weighted by atomic mass is 10.1. The zero-order chi connectivity index (χ0) is 14.7. The lowest BCUT2D eigenvalue weighted by Gasteiger charge is -2.26. The van der Waals surface area contributed by atoms with Gasteiger partial charge in [0.1, 0.15) is 11.4 Å². The lowest BCUT2D eigenvalue weighted by molar-refractivity contribution is 0.0722. The topological polar surface area (TPSA) is 66.1 Å². The van der Waals surface area contributed by atoms with E-state index in [4.69, 9.17) is 0 Å². The first-order valence-corrected chi connectivity index (χ1v) is 7.20. The molecule has 108 valence electrons. The van der Waals surface area contributed by atoms with E-state index in [1.54, 1.807) is 4.90 Å². The lowest BCUT2D eigenvalue weighted by Crippen LogP contribution is -2.38. The molecule has 5 heteroatoms. The van der Waals surface area contributed by atoms with Gasteiger partial charge in [-0.3, -0.25) is 9.59 Å². The molecule has 0 bridgehead atoms. The summed E-state index contributed by atoms with van der Waals surface area (Å²) < 4.78 is 0. The number of rotatable bonds is 2. The summed E-state index contributed by atoms with van der Waals surface area (Å²) in [5.74, 6) is 0.263. The minimum Gasteiger partial charge on any atom is -0.338 e. The fraction of sp³-hybridized carbons (Fsp3) is 0.312. The van der Waals surface area contributed by atoms with Crippen molar-refractivity contribution in [2.24, 2.45) is 0 Å². The molecule has 0 atom stereocenters. The number of piperidine rings is 1. The van der Waals surface area contributed by atoms with Crippen LogP contribution in [0, 0.1) is 0 Å². The first-order valence-electron chi connectivity index (χ1n) is 7.20. The maximum atomic E-state index is 12.3. The number of nitrogens with one attached hydrogen (secondary N) is 1. The molecule has 21 heavy (non-hydrogen) atoms. The minimum atomic E-state index is -0.376. The number of hydrogen-bond acceptors (Lipinski definition) is 3. The summed E-state index contributed by atoms with van der Waals surface area (Å²) in [6.07, 6.45) is 4.53. The second-order valence-corrected chi connectivity index (χ2v) is 5.19. The van der Waals surface area contributed by atoms with E-state index >= 15 is 0 Å². The molecule has 1 aromatic heterocycles. The zero-order valence-corrected chi connectivity index (χ0v) is 11.7. The van der Waals surface area contributed by atoms with E-state index in [0.29, 0.717) is 5.82 Å². The van der Waals surface area contributed by atoms with Crippen molar-refractivity contribution in [2.75, 3.05) is 13.1 Å². The van der Waals surface area contributed by atoms with Gasteiger partial charge in [0.25, 0.3) is 11.5 Å². The van der Waals surface area contributed by atoms with Gasteiger partial charge >= 0.3 is 0 Å². The van der Waals surface area contributed by atoms with E-state index in [2.05, 4.69) is 9.97 Å². The third-order valence-electron chi connectivity index (χ3n) is 3.72. The summed E-state index contributed by atoms with van der Waals surface area (Å²) in [4.78, 5) is 33.1. The van der Waals surface area contributed by atoms with Crippen LogP contribution < -0.4 is 5.56 Å². The number of hydrogen-bond donors (Lipinski definition) is 1. The monoisotopic (exact) mass is 283 g/mol. The van der Waals surface area contributed by atoms with Gasteiger partial charge in [0.2, 0.25) is 0 Å². The van der Waals surface area contributed by atoms with Gasteiger partial charge in [-0.15, -0.1) is 0 Å². The largest absolute Gasteiger partial charge is 0.338 e. The van der Waals surface area contributed by atoms with Crippen molar-refractivity contribution in [3.8, 4) is 11.4 Å². The molecule has 0 saturated carbocycles. The van der Waals surface area contributed by atoms with Gasteiger partial charge in [0.05, 0.1) is 0 Å². The summed E-state index contributed by atoms with van der Waals surface area (Å²) in [5, 5.41) is 0.